The van der Waals surface area contributed by atoms with Gasteiger partial charge in [0.1, 0.15) is 0 Å². The fourth-order valence-corrected chi connectivity index (χ4v) is 1.19. The summed E-state index contributed by atoms with van der Waals surface area (Å²) in [5.41, 5.74) is 2.12. The van der Waals surface area contributed by atoms with Crippen molar-refractivity contribution in [2.45, 2.75) is 39.5 Å². The van der Waals surface area contributed by atoms with Crippen molar-refractivity contribution in [2.75, 3.05) is 13.1 Å². The van der Waals surface area contributed by atoms with Crippen LogP contribution in [0.15, 0.2) is 35.3 Å². The third-order valence-electron chi connectivity index (χ3n) is 2.35. The standard InChI is InChI=1S/C14H24N2/c1-5-7-9-11-15-13(3)14(4)16-12-10-8-6-2/h5-6H,1-2,7-12H2,3-4H3. The first-order chi connectivity index (χ1) is 7.72. The average molecular weight is 220 g/mol. The molecule has 0 atom stereocenters. The number of aliphatic imine (C=N–C) groups is 2. The van der Waals surface area contributed by atoms with E-state index in [1.165, 1.54) is 0 Å². The lowest BCUT2D eigenvalue weighted by Crippen LogP contribution is -2.07. The van der Waals surface area contributed by atoms with Crippen molar-refractivity contribution < 1.29 is 0 Å². The van der Waals surface area contributed by atoms with Crippen molar-refractivity contribution in [3.8, 4) is 0 Å². The van der Waals surface area contributed by atoms with Gasteiger partial charge in [0, 0.05) is 13.1 Å². The smallest absolute Gasteiger partial charge is 0.0524 e. The van der Waals surface area contributed by atoms with Crippen LogP contribution < -0.4 is 0 Å². The van der Waals surface area contributed by atoms with Gasteiger partial charge < -0.3 is 0 Å². The molecule has 0 rings (SSSR count). The van der Waals surface area contributed by atoms with Crippen LogP contribution in [0.4, 0.5) is 0 Å². The second-order valence-electron chi connectivity index (χ2n) is 3.80. The van der Waals surface area contributed by atoms with Crippen LogP contribution in [0.1, 0.15) is 39.5 Å². The monoisotopic (exact) mass is 220 g/mol. The lowest BCUT2D eigenvalue weighted by Gasteiger charge is -2.00. The highest BCUT2D eigenvalue weighted by Crippen LogP contribution is 1.94. The van der Waals surface area contributed by atoms with Crippen LogP contribution in [0, 0.1) is 0 Å². The molecule has 0 radical (unpaired) electrons. The first kappa shape index (κ1) is 14.8. The largest absolute Gasteiger partial charge is 0.288 e. The second kappa shape index (κ2) is 10.3. The van der Waals surface area contributed by atoms with Gasteiger partial charge in [-0.2, -0.15) is 0 Å². The minimum absolute atomic E-state index is 0.872. The fraction of sp³-hybridized carbons (Fsp3) is 0.571. The van der Waals surface area contributed by atoms with Crippen LogP contribution in [0.2, 0.25) is 0 Å². The summed E-state index contributed by atoms with van der Waals surface area (Å²) in [6.45, 7) is 13.2. The highest BCUT2D eigenvalue weighted by atomic mass is 14.8. The van der Waals surface area contributed by atoms with Gasteiger partial charge >= 0.3 is 0 Å². The van der Waals surface area contributed by atoms with E-state index in [1.807, 2.05) is 26.0 Å². The van der Waals surface area contributed by atoms with Crippen molar-refractivity contribution in [1.82, 2.24) is 0 Å². The molecule has 0 saturated carbocycles. The lowest BCUT2D eigenvalue weighted by atomic mass is 10.2. The molecular formula is C14H24N2. The van der Waals surface area contributed by atoms with E-state index >= 15 is 0 Å². The Bertz CT molecular complexity index is 234. The summed E-state index contributed by atoms with van der Waals surface area (Å²) >= 11 is 0. The van der Waals surface area contributed by atoms with Crippen LogP contribution >= 0.6 is 0 Å². The summed E-state index contributed by atoms with van der Waals surface area (Å²) in [5.74, 6) is 0. The predicted octanol–water partition coefficient (Wildman–Crippen LogP) is 3.84. The lowest BCUT2D eigenvalue weighted by molar-refractivity contribution is 0.852. The Kier molecular flexibility index (Phi) is 9.58. The molecule has 0 aromatic carbocycles. The minimum Gasteiger partial charge on any atom is -0.288 e. The van der Waals surface area contributed by atoms with Gasteiger partial charge in [0.2, 0.25) is 0 Å². The highest BCUT2D eigenvalue weighted by molar-refractivity contribution is 6.40. The molecular weight excluding hydrogens is 196 g/mol. The van der Waals surface area contributed by atoms with Gasteiger partial charge in [-0.05, 0) is 39.5 Å². The second-order valence-corrected chi connectivity index (χ2v) is 3.80. The number of hydrogen-bond donors (Lipinski definition) is 0. The Morgan fingerprint density at radius 1 is 0.875 bits per heavy atom. The molecule has 0 aromatic heterocycles. The van der Waals surface area contributed by atoms with Crippen LogP contribution in [-0.4, -0.2) is 24.5 Å². The normalized spacial score (nSPS) is 12.6. The first-order valence-corrected chi connectivity index (χ1v) is 5.96. The predicted molar refractivity (Wildman–Crippen MR) is 74.8 cm³/mol. The van der Waals surface area contributed by atoms with E-state index in [0.717, 1.165) is 50.2 Å². The number of nitrogens with zero attached hydrogens (tertiary/aromatic N) is 2. The molecule has 0 bridgehead atoms. The van der Waals surface area contributed by atoms with Crippen molar-refractivity contribution in [3.05, 3.63) is 25.3 Å². The molecule has 0 heterocycles. The van der Waals surface area contributed by atoms with Crippen LogP contribution in [0.3, 0.4) is 0 Å². The molecule has 2 nitrogen and oxygen atoms in total. The van der Waals surface area contributed by atoms with Crippen molar-refractivity contribution >= 4 is 11.4 Å². The van der Waals surface area contributed by atoms with Gasteiger partial charge in [0.25, 0.3) is 0 Å². The zero-order valence-electron chi connectivity index (χ0n) is 10.7. The molecule has 90 valence electrons. The molecule has 0 aliphatic rings. The Morgan fingerprint density at radius 3 is 1.56 bits per heavy atom. The topological polar surface area (TPSA) is 24.7 Å². The van der Waals surface area contributed by atoms with E-state index in [-0.39, 0.29) is 0 Å². The molecule has 0 aliphatic heterocycles. The average Bonchev–Trinajstić information content (AvgIpc) is 2.29. The number of unbranched alkanes of at least 4 members (excludes halogenated alkanes) is 2. The molecule has 0 saturated heterocycles. The van der Waals surface area contributed by atoms with Crippen LogP contribution in [0.25, 0.3) is 0 Å². The summed E-state index contributed by atoms with van der Waals surface area (Å²) < 4.78 is 0. The molecule has 0 aromatic rings. The van der Waals surface area contributed by atoms with Crippen molar-refractivity contribution in [3.63, 3.8) is 0 Å². The van der Waals surface area contributed by atoms with E-state index in [1.54, 1.807) is 0 Å². The van der Waals surface area contributed by atoms with Gasteiger partial charge in [-0.15, -0.1) is 13.2 Å². The molecule has 0 N–H and O–H groups in total. The molecule has 0 amide bonds. The van der Waals surface area contributed by atoms with E-state index in [0.29, 0.717) is 0 Å². The first-order valence-electron chi connectivity index (χ1n) is 5.96. The van der Waals surface area contributed by atoms with Gasteiger partial charge in [0.05, 0.1) is 11.4 Å². The Balaban J connectivity index is 3.89. The van der Waals surface area contributed by atoms with E-state index in [9.17, 15) is 0 Å². The van der Waals surface area contributed by atoms with Gasteiger partial charge in [0.15, 0.2) is 0 Å². The Labute approximate surface area is 99.9 Å². The van der Waals surface area contributed by atoms with Gasteiger partial charge in [-0.3, -0.25) is 9.98 Å². The van der Waals surface area contributed by atoms with Gasteiger partial charge in [-0.25, -0.2) is 0 Å². The third-order valence-corrected chi connectivity index (χ3v) is 2.35. The Morgan fingerprint density at radius 2 is 1.25 bits per heavy atom. The quantitative estimate of drug-likeness (QED) is 0.320. The van der Waals surface area contributed by atoms with Crippen LogP contribution in [0.5, 0.6) is 0 Å². The number of rotatable bonds is 9. The molecule has 0 spiro atoms. The highest BCUT2D eigenvalue weighted by Gasteiger charge is 1.95. The molecule has 2 heteroatoms. The van der Waals surface area contributed by atoms with Gasteiger partial charge in [-0.1, -0.05) is 12.2 Å². The zero-order chi connectivity index (χ0) is 12.2. The third kappa shape index (κ3) is 8.16. The maximum Gasteiger partial charge on any atom is 0.0524 e. The summed E-state index contributed by atoms with van der Waals surface area (Å²) in [6, 6.07) is 0. The SMILES string of the molecule is C=CCCCN=C(C)C(C)=NCCCC=C. The maximum absolute atomic E-state index is 4.48. The van der Waals surface area contributed by atoms with Crippen molar-refractivity contribution in [1.29, 1.82) is 0 Å². The number of hydrogen-bond acceptors (Lipinski definition) is 2. The molecule has 0 aliphatic carbocycles. The van der Waals surface area contributed by atoms with E-state index in [2.05, 4.69) is 23.1 Å². The fourth-order valence-electron chi connectivity index (χ4n) is 1.19. The molecule has 16 heavy (non-hydrogen) atoms. The summed E-state index contributed by atoms with van der Waals surface area (Å²) in [5, 5.41) is 0. The Hall–Kier alpha value is -1.18. The summed E-state index contributed by atoms with van der Waals surface area (Å²) in [7, 11) is 0. The molecule has 0 fully saturated rings. The summed E-state index contributed by atoms with van der Waals surface area (Å²) in [4.78, 5) is 8.96. The minimum atomic E-state index is 0.872. The van der Waals surface area contributed by atoms with E-state index < -0.39 is 0 Å². The van der Waals surface area contributed by atoms with Crippen LogP contribution in [-0.2, 0) is 0 Å². The van der Waals surface area contributed by atoms with Crippen molar-refractivity contribution in [2.24, 2.45) is 9.98 Å². The summed E-state index contributed by atoms with van der Waals surface area (Å²) in [6.07, 6.45) is 8.08. The maximum atomic E-state index is 4.48. The van der Waals surface area contributed by atoms with E-state index in [4.69, 9.17) is 0 Å². The molecule has 0 unspecified atom stereocenters. The number of allylic oxidation sites excluding steroid dienone is 2. The zero-order valence-corrected chi connectivity index (χ0v) is 10.7.